The first kappa shape index (κ1) is 16.0. The van der Waals surface area contributed by atoms with Gasteiger partial charge < -0.3 is 10.4 Å². The number of aliphatic hydroxyl groups excluding tert-OH is 1. The van der Waals surface area contributed by atoms with E-state index in [2.05, 4.69) is 20.4 Å². The highest BCUT2D eigenvalue weighted by Crippen LogP contribution is 2.18. The molecule has 0 aliphatic heterocycles. The smallest absolute Gasteiger partial charge is 0.263 e. The maximum Gasteiger partial charge on any atom is 0.263 e. The number of aromatic amines is 1. The Balaban J connectivity index is 1.76. The minimum absolute atomic E-state index is 0.135. The van der Waals surface area contributed by atoms with Crippen molar-refractivity contribution < 1.29 is 5.11 Å². The molecule has 0 amide bonds. The van der Waals surface area contributed by atoms with Gasteiger partial charge in [0.1, 0.15) is 5.39 Å². The van der Waals surface area contributed by atoms with E-state index >= 15 is 0 Å². The van der Waals surface area contributed by atoms with Gasteiger partial charge in [-0.3, -0.25) is 9.78 Å². The van der Waals surface area contributed by atoms with Gasteiger partial charge in [-0.1, -0.05) is 48.5 Å². The lowest BCUT2D eigenvalue weighted by Crippen LogP contribution is -2.20. The summed E-state index contributed by atoms with van der Waals surface area (Å²) >= 11 is 0. The third kappa shape index (κ3) is 2.96. The highest BCUT2D eigenvalue weighted by atomic mass is 16.3. The molecule has 7 nitrogen and oxygen atoms in total. The summed E-state index contributed by atoms with van der Waals surface area (Å²) < 4.78 is 1.62. The molecule has 0 saturated heterocycles. The number of hydrogen-bond acceptors (Lipinski definition) is 5. The Hall–Kier alpha value is -3.45. The zero-order chi connectivity index (χ0) is 17.9. The zero-order valence-electron chi connectivity index (χ0n) is 13.8. The molecule has 4 aromatic rings. The molecule has 0 bridgehead atoms. The number of benzene rings is 2. The van der Waals surface area contributed by atoms with Crippen molar-refractivity contribution in [3.8, 4) is 5.69 Å². The standard InChI is InChI=1S/C19H17N5O2/c25-12-16(13-7-3-1-4-8-13)21-19-22-17-15(18(26)23-19)11-20-24(17)14-9-5-2-6-10-14/h1-11,16,25H,12H2,(H2,21,22,23,26)/t16-/m1/s1. The molecule has 3 N–H and O–H groups in total. The average molecular weight is 347 g/mol. The van der Waals surface area contributed by atoms with Crippen molar-refractivity contribution in [2.45, 2.75) is 6.04 Å². The summed E-state index contributed by atoms with van der Waals surface area (Å²) in [6.07, 6.45) is 1.50. The maximum atomic E-state index is 12.4. The van der Waals surface area contributed by atoms with Crippen LogP contribution in [0, 0.1) is 0 Å². The molecular formula is C19H17N5O2. The molecule has 7 heteroatoms. The molecule has 2 aromatic heterocycles. The van der Waals surface area contributed by atoms with Crippen LogP contribution >= 0.6 is 0 Å². The fourth-order valence-electron chi connectivity index (χ4n) is 2.83. The van der Waals surface area contributed by atoms with Crippen molar-refractivity contribution in [2.24, 2.45) is 0 Å². The summed E-state index contributed by atoms with van der Waals surface area (Å²) in [6.45, 7) is -0.135. The van der Waals surface area contributed by atoms with E-state index in [1.165, 1.54) is 6.20 Å². The fourth-order valence-corrected chi connectivity index (χ4v) is 2.83. The predicted octanol–water partition coefficient (Wildman–Crippen LogP) is 2.25. The molecule has 0 saturated carbocycles. The number of rotatable bonds is 5. The van der Waals surface area contributed by atoms with Crippen molar-refractivity contribution in [1.82, 2.24) is 19.7 Å². The van der Waals surface area contributed by atoms with Crippen LogP contribution in [0.3, 0.4) is 0 Å². The van der Waals surface area contributed by atoms with Crippen LogP contribution in [0.15, 0.2) is 71.7 Å². The number of nitrogens with one attached hydrogen (secondary N) is 2. The second-order valence-electron chi connectivity index (χ2n) is 5.83. The number of hydrogen-bond donors (Lipinski definition) is 3. The van der Waals surface area contributed by atoms with Gasteiger partial charge in [-0.25, -0.2) is 4.68 Å². The zero-order valence-corrected chi connectivity index (χ0v) is 13.8. The van der Waals surface area contributed by atoms with Gasteiger partial charge >= 0.3 is 0 Å². The van der Waals surface area contributed by atoms with Crippen molar-refractivity contribution in [1.29, 1.82) is 0 Å². The summed E-state index contributed by atoms with van der Waals surface area (Å²) in [5.74, 6) is 0.281. The third-order valence-corrected chi connectivity index (χ3v) is 4.13. The van der Waals surface area contributed by atoms with E-state index in [0.717, 1.165) is 11.3 Å². The SMILES string of the molecule is O=c1[nH]c(N[C@H](CO)c2ccccc2)nc2c1cnn2-c1ccccc1. The summed E-state index contributed by atoms with van der Waals surface area (Å²) in [5.41, 5.74) is 1.87. The van der Waals surface area contributed by atoms with Gasteiger partial charge in [-0.05, 0) is 17.7 Å². The molecule has 0 spiro atoms. The Morgan fingerprint density at radius 3 is 2.46 bits per heavy atom. The molecule has 26 heavy (non-hydrogen) atoms. The topological polar surface area (TPSA) is 95.8 Å². The third-order valence-electron chi connectivity index (χ3n) is 4.13. The number of nitrogens with zero attached hydrogens (tertiary/aromatic N) is 3. The Kier molecular flexibility index (Phi) is 4.20. The molecule has 1 atom stereocenters. The number of anilines is 1. The second kappa shape index (κ2) is 6.81. The van der Waals surface area contributed by atoms with Crippen molar-refractivity contribution in [3.63, 3.8) is 0 Å². The molecule has 0 aliphatic rings. The molecule has 4 rings (SSSR count). The van der Waals surface area contributed by atoms with Crippen molar-refractivity contribution in [2.75, 3.05) is 11.9 Å². The van der Waals surface area contributed by atoms with E-state index in [0.29, 0.717) is 11.0 Å². The quantitative estimate of drug-likeness (QED) is 0.515. The predicted molar refractivity (Wildman–Crippen MR) is 99.4 cm³/mol. The first-order chi connectivity index (χ1) is 12.8. The van der Waals surface area contributed by atoms with Crippen LogP contribution in [0.25, 0.3) is 16.7 Å². The van der Waals surface area contributed by atoms with Gasteiger partial charge in [-0.2, -0.15) is 10.1 Å². The molecule has 2 heterocycles. The molecule has 0 unspecified atom stereocenters. The second-order valence-corrected chi connectivity index (χ2v) is 5.83. The van der Waals surface area contributed by atoms with Crippen LogP contribution in [-0.4, -0.2) is 31.5 Å². The van der Waals surface area contributed by atoms with Gasteiger partial charge in [-0.15, -0.1) is 0 Å². The summed E-state index contributed by atoms with van der Waals surface area (Å²) in [4.78, 5) is 19.6. The van der Waals surface area contributed by atoms with E-state index in [1.54, 1.807) is 4.68 Å². The van der Waals surface area contributed by atoms with Crippen molar-refractivity contribution in [3.05, 3.63) is 82.8 Å². The van der Waals surface area contributed by atoms with Crippen LogP contribution in [0.1, 0.15) is 11.6 Å². The van der Waals surface area contributed by atoms with E-state index in [1.807, 2.05) is 60.7 Å². The Bertz CT molecular complexity index is 1070. The average Bonchev–Trinajstić information content (AvgIpc) is 3.12. The summed E-state index contributed by atoms with van der Waals surface area (Å²) in [5, 5.41) is 17.5. The van der Waals surface area contributed by atoms with Gasteiger partial charge in [0, 0.05) is 0 Å². The largest absolute Gasteiger partial charge is 0.394 e. The van der Waals surface area contributed by atoms with Crippen LogP contribution in [0.2, 0.25) is 0 Å². The number of para-hydroxylation sites is 1. The number of aliphatic hydroxyl groups is 1. The van der Waals surface area contributed by atoms with Gasteiger partial charge in [0.25, 0.3) is 5.56 Å². The van der Waals surface area contributed by atoms with Crippen molar-refractivity contribution >= 4 is 17.0 Å². The fraction of sp³-hybridized carbons (Fsp3) is 0.105. The van der Waals surface area contributed by atoms with E-state index in [-0.39, 0.29) is 24.2 Å². The first-order valence-electron chi connectivity index (χ1n) is 8.22. The van der Waals surface area contributed by atoms with Crippen LogP contribution in [0.4, 0.5) is 5.95 Å². The molecule has 0 aliphatic carbocycles. The van der Waals surface area contributed by atoms with Crippen LogP contribution in [-0.2, 0) is 0 Å². The minimum atomic E-state index is -0.384. The number of fused-ring (bicyclic) bond motifs is 1. The Morgan fingerprint density at radius 2 is 1.77 bits per heavy atom. The first-order valence-corrected chi connectivity index (χ1v) is 8.22. The Labute approximate surface area is 149 Å². The van der Waals surface area contributed by atoms with Gasteiger partial charge in [0.05, 0.1) is 24.5 Å². The van der Waals surface area contributed by atoms with E-state index in [9.17, 15) is 9.90 Å². The molecule has 130 valence electrons. The Morgan fingerprint density at radius 1 is 1.08 bits per heavy atom. The lowest BCUT2D eigenvalue weighted by Gasteiger charge is -2.17. The van der Waals surface area contributed by atoms with E-state index in [4.69, 9.17) is 0 Å². The minimum Gasteiger partial charge on any atom is -0.394 e. The monoisotopic (exact) mass is 347 g/mol. The number of aromatic nitrogens is 4. The van der Waals surface area contributed by atoms with Crippen LogP contribution < -0.4 is 10.9 Å². The summed E-state index contributed by atoms with van der Waals surface area (Å²) in [6, 6.07) is 18.6. The lowest BCUT2D eigenvalue weighted by atomic mass is 10.1. The van der Waals surface area contributed by atoms with Gasteiger partial charge in [0.15, 0.2) is 5.65 Å². The molecule has 0 fully saturated rings. The maximum absolute atomic E-state index is 12.4. The number of H-pyrrole nitrogens is 1. The molecule has 2 aromatic carbocycles. The van der Waals surface area contributed by atoms with Gasteiger partial charge in [0.2, 0.25) is 5.95 Å². The normalized spacial score (nSPS) is 12.2. The van der Waals surface area contributed by atoms with Crippen LogP contribution in [0.5, 0.6) is 0 Å². The highest BCUT2D eigenvalue weighted by molar-refractivity contribution is 5.76. The lowest BCUT2D eigenvalue weighted by molar-refractivity contribution is 0.276. The molecular weight excluding hydrogens is 330 g/mol. The molecule has 0 radical (unpaired) electrons. The van der Waals surface area contributed by atoms with E-state index < -0.39 is 0 Å². The summed E-state index contributed by atoms with van der Waals surface area (Å²) in [7, 11) is 0. The highest BCUT2D eigenvalue weighted by Gasteiger charge is 2.15.